The van der Waals surface area contributed by atoms with Crippen molar-refractivity contribution in [1.29, 1.82) is 0 Å². The summed E-state index contributed by atoms with van der Waals surface area (Å²) in [7, 11) is -1.16. The van der Waals surface area contributed by atoms with Gasteiger partial charge in [0, 0.05) is 35.4 Å². The topological polar surface area (TPSA) is 87.3 Å². The number of aryl methyl sites for hydroxylation is 1. The van der Waals surface area contributed by atoms with Crippen molar-refractivity contribution in [3.8, 4) is 11.1 Å². The number of nitrogens with one attached hydrogen (secondary N) is 1. The number of halogens is 1. The Bertz CT molecular complexity index is 1700. The fourth-order valence-electron chi connectivity index (χ4n) is 5.79. The van der Waals surface area contributed by atoms with Gasteiger partial charge in [-0.3, -0.25) is 4.79 Å². The number of rotatable bonds is 5. The van der Waals surface area contributed by atoms with E-state index >= 15 is 4.39 Å². The van der Waals surface area contributed by atoms with E-state index in [-0.39, 0.29) is 17.3 Å². The summed E-state index contributed by atoms with van der Waals surface area (Å²) >= 11 is 0. The minimum atomic E-state index is -1.16. The summed E-state index contributed by atoms with van der Waals surface area (Å²) in [5.74, 6) is 0.258. The molecule has 0 aliphatic carbocycles. The first kappa shape index (κ1) is 26.1. The van der Waals surface area contributed by atoms with Crippen molar-refractivity contribution in [2.45, 2.75) is 46.1 Å². The zero-order valence-electron chi connectivity index (χ0n) is 22.8. The second-order valence-corrected chi connectivity index (χ2v) is 10.7. The summed E-state index contributed by atoms with van der Waals surface area (Å²) in [4.78, 5) is 15.7. The summed E-state index contributed by atoms with van der Waals surface area (Å²) in [6.07, 6.45) is 4.83. The molecule has 3 aromatic carbocycles. The normalized spacial score (nSPS) is 15.6. The van der Waals surface area contributed by atoms with E-state index in [4.69, 9.17) is 9.17 Å². The van der Waals surface area contributed by atoms with Gasteiger partial charge in [-0.1, -0.05) is 24.3 Å². The Balaban J connectivity index is 1.42. The summed E-state index contributed by atoms with van der Waals surface area (Å²) in [6, 6.07) is 13.8. The van der Waals surface area contributed by atoms with E-state index in [1.807, 2.05) is 39.0 Å². The molecule has 0 bridgehead atoms. The largest absolute Gasteiger partial charge is 0.583 e. The number of piperidine rings is 1. The van der Waals surface area contributed by atoms with Crippen LogP contribution in [0, 0.1) is 19.7 Å². The molecule has 0 saturated carbocycles. The maximum absolute atomic E-state index is 15.4. The summed E-state index contributed by atoms with van der Waals surface area (Å²) < 4.78 is 26.8. The van der Waals surface area contributed by atoms with Crippen LogP contribution in [0.4, 0.5) is 16.0 Å². The molecule has 1 atom stereocenters. The Morgan fingerprint density at radius 3 is 2.70 bits per heavy atom. The molecule has 4 aromatic rings. The molecule has 3 heterocycles. The minimum absolute atomic E-state index is 0.0210. The van der Waals surface area contributed by atoms with E-state index in [9.17, 15) is 9.82 Å². The first-order valence-electron chi connectivity index (χ1n) is 13.7. The first-order chi connectivity index (χ1) is 19.3. The molecule has 0 unspecified atom stereocenters. The van der Waals surface area contributed by atoms with Crippen LogP contribution in [0.15, 0.2) is 62.9 Å². The number of fused-ring (bicyclic) bond motifs is 2. The van der Waals surface area contributed by atoms with Gasteiger partial charge in [-0.2, -0.15) is 0 Å². The van der Waals surface area contributed by atoms with Crippen LogP contribution in [-0.4, -0.2) is 31.4 Å². The standard InChI is InChI=1S/C31H31BFN3O4/c1-18-14-23(30-24(15-18)29(37)19(2)31(39-30)36-12-5-4-6-13-36)20(3)35-27-9-7-8-26(33)28(27)21-10-11-25-22(16-21)17-34-40-32(25)38/h7-11,14-17,20,35,38H,4-6,12-13H2,1-3H3/t20-/m1/s1. The van der Waals surface area contributed by atoms with Crippen LogP contribution < -0.4 is 21.1 Å². The maximum Gasteiger partial charge on any atom is 0.583 e. The molecule has 7 nitrogen and oxygen atoms in total. The first-order valence-corrected chi connectivity index (χ1v) is 13.7. The third kappa shape index (κ3) is 4.64. The molecular formula is C31H31BFN3O4. The van der Waals surface area contributed by atoms with Crippen molar-refractivity contribution in [1.82, 2.24) is 0 Å². The van der Waals surface area contributed by atoms with Gasteiger partial charge in [0.15, 0.2) is 5.43 Å². The molecule has 1 fully saturated rings. The average molecular weight is 539 g/mol. The number of hydrogen-bond acceptors (Lipinski definition) is 7. The van der Waals surface area contributed by atoms with Crippen molar-refractivity contribution in [2.24, 2.45) is 5.16 Å². The fraction of sp³-hybridized carbons (Fsp3) is 0.290. The van der Waals surface area contributed by atoms with Gasteiger partial charge in [0.05, 0.1) is 23.2 Å². The van der Waals surface area contributed by atoms with Crippen molar-refractivity contribution >= 4 is 41.3 Å². The van der Waals surface area contributed by atoms with Crippen LogP contribution >= 0.6 is 0 Å². The molecule has 0 amide bonds. The van der Waals surface area contributed by atoms with Crippen molar-refractivity contribution in [2.75, 3.05) is 23.3 Å². The number of nitrogens with zero attached hydrogens (tertiary/aromatic N) is 2. The smallest absolute Gasteiger partial charge is 0.440 e. The Morgan fingerprint density at radius 1 is 1.10 bits per heavy atom. The van der Waals surface area contributed by atoms with E-state index in [1.165, 1.54) is 18.7 Å². The average Bonchev–Trinajstić information content (AvgIpc) is 2.95. The Morgan fingerprint density at radius 2 is 1.90 bits per heavy atom. The third-order valence-electron chi connectivity index (χ3n) is 7.86. The Hall–Kier alpha value is -4.11. The van der Waals surface area contributed by atoms with Crippen molar-refractivity contribution in [3.05, 3.63) is 86.8 Å². The zero-order chi connectivity index (χ0) is 28.0. The minimum Gasteiger partial charge on any atom is -0.440 e. The number of oxime groups is 1. The van der Waals surface area contributed by atoms with Gasteiger partial charge in [0.2, 0.25) is 5.88 Å². The van der Waals surface area contributed by atoms with Crippen LogP contribution in [0.3, 0.4) is 0 Å². The molecule has 40 heavy (non-hydrogen) atoms. The monoisotopic (exact) mass is 539 g/mol. The number of benzene rings is 3. The predicted molar refractivity (Wildman–Crippen MR) is 158 cm³/mol. The highest BCUT2D eigenvalue weighted by Gasteiger charge is 2.26. The highest BCUT2D eigenvalue weighted by Crippen LogP contribution is 2.36. The third-order valence-corrected chi connectivity index (χ3v) is 7.86. The van der Waals surface area contributed by atoms with Gasteiger partial charge in [0.25, 0.3) is 0 Å². The molecule has 2 N–H and O–H groups in total. The lowest BCUT2D eigenvalue weighted by molar-refractivity contribution is 0.286. The SMILES string of the molecule is Cc1cc([C@@H](C)Nc2cccc(F)c2-c2ccc3c(c2)C=NOB3O)c2oc(N3CCCCC3)c(C)c(=O)c2c1. The van der Waals surface area contributed by atoms with Crippen LogP contribution in [0.2, 0.25) is 0 Å². The Kier molecular flexibility index (Phi) is 6.84. The van der Waals surface area contributed by atoms with Gasteiger partial charge in [-0.25, -0.2) is 4.39 Å². The highest BCUT2D eigenvalue weighted by molar-refractivity contribution is 6.62. The quantitative estimate of drug-likeness (QED) is 0.329. The lowest BCUT2D eigenvalue weighted by Gasteiger charge is -2.29. The van der Waals surface area contributed by atoms with E-state index in [0.29, 0.717) is 50.3 Å². The molecule has 1 aromatic heterocycles. The van der Waals surface area contributed by atoms with Crippen molar-refractivity contribution in [3.63, 3.8) is 0 Å². The lowest BCUT2D eigenvalue weighted by atomic mass is 9.75. The van der Waals surface area contributed by atoms with Crippen LogP contribution in [0.25, 0.3) is 22.1 Å². The summed E-state index contributed by atoms with van der Waals surface area (Å²) in [5, 5.41) is 17.8. The van der Waals surface area contributed by atoms with Gasteiger partial charge < -0.3 is 24.4 Å². The van der Waals surface area contributed by atoms with Gasteiger partial charge >= 0.3 is 7.12 Å². The van der Waals surface area contributed by atoms with E-state index in [2.05, 4.69) is 15.4 Å². The molecular weight excluding hydrogens is 508 g/mol. The molecule has 0 radical (unpaired) electrons. The number of anilines is 2. The predicted octanol–water partition coefficient (Wildman–Crippen LogP) is 5.43. The number of hydrogen-bond donors (Lipinski definition) is 2. The molecule has 9 heteroatoms. The van der Waals surface area contributed by atoms with Crippen molar-refractivity contribution < 1.29 is 18.6 Å². The second kappa shape index (κ2) is 10.5. The zero-order valence-corrected chi connectivity index (χ0v) is 22.8. The van der Waals surface area contributed by atoms with E-state index in [1.54, 1.807) is 24.3 Å². The fourth-order valence-corrected chi connectivity index (χ4v) is 5.79. The van der Waals surface area contributed by atoms with Crippen LogP contribution in [-0.2, 0) is 4.76 Å². The van der Waals surface area contributed by atoms with Crippen LogP contribution in [0.5, 0.6) is 0 Å². The van der Waals surface area contributed by atoms with Crippen LogP contribution in [0.1, 0.15) is 54.5 Å². The van der Waals surface area contributed by atoms with E-state index in [0.717, 1.165) is 37.1 Å². The molecule has 6 rings (SSSR count). The molecule has 2 aliphatic heterocycles. The highest BCUT2D eigenvalue weighted by atomic mass is 19.1. The summed E-state index contributed by atoms with van der Waals surface area (Å²) in [5.41, 5.74) is 5.80. The van der Waals surface area contributed by atoms with E-state index < -0.39 is 7.12 Å². The second-order valence-electron chi connectivity index (χ2n) is 10.7. The molecule has 204 valence electrons. The Labute approximate surface area is 232 Å². The van der Waals surface area contributed by atoms with Gasteiger partial charge in [-0.15, -0.1) is 5.16 Å². The maximum atomic E-state index is 15.4. The van der Waals surface area contributed by atoms with Gasteiger partial charge in [-0.05, 0) is 81.0 Å². The lowest BCUT2D eigenvalue weighted by Crippen LogP contribution is -2.37. The molecule has 0 spiro atoms. The molecule has 2 aliphatic rings. The van der Waals surface area contributed by atoms with Gasteiger partial charge in [0.1, 0.15) is 11.4 Å². The summed E-state index contributed by atoms with van der Waals surface area (Å²) in [6.45, 7) is 7.52. The molecule has 1 saturated heterocycles.